The van der Waals surface area contributed by atoms with Crippen molar-refractivity contribution in [2.75, 3.05) is 6.54 Å². The molecule has 8 heteroatoms. The van der Waals surface area contributed by atoms with Gasteiger partial charge in [0, 0.05) is 6.54 Å². The Balaban J connectivity index is 2.77. The van der Waals surface area contributed by atoms with Crippen LogP contribution in [0.4, 0.5) is 5.69 Å². The van der Waals surface area contributed by atoms with E-state index in [1.807, 2.05) is 13.8 Å². The number of aromatic nitrogens is 1. The van der Waals surface area contributed by atoms with Gasteiger partial charge in [-0.15, -0.1) is 0 Å². The number of hydrogen-bond donors (Lipinski definition) is 2. The first-order chi connectivity index (χ1) is 9.31. The van der Waals surface area contributed by atoms with Crippen molar-refractivity contribution < 1.29 is 14.8 Å². The number of nitrogens with zero attached hydrogens (tertiary/aromatic N) is 2. The van der Waals surface area contributed by atoms with E-state index in [1.165, 1.54) is 0 Å². The molecule has 0 saturated carbocycles. The molecule has 110 valence electrons. The predicted octanol–water partition coefficient (Wildman–Crippen LogP) is 1.78. The van der Waals surface area contributed by atoms with Crippen LogP contribution in [0.5, 0.6) is 0 Å². The summed E-state index contributed by atoms with van der Waals surface area (Å²) >= 11 is 5.63. The largest absolute Gasteiger partial charge is 0.391 e. The summed E-state index contributed by atoms with van der Waals surface area (Å²) < 4.78 is 0. The number of hydrogen-bond acceptors (Lipinski definition) is 5. The first-order valence-electron chi connectivity index (χ1n) is 6.07. The number of rotatable bonds is 6. The van der Waals surface area contributed by atoms with Gasteiger partial charge in [0.15, 0.2) is 0 Å². The molecule has 1 unspecified atom stereocenters. The first kappa shape index (κ1) is 16.3. The van der Waals surface area contributed by atoms with Crippen LogP contribution in [-0.4, -0.2) is 33.6 Å². The maximum Gasteiger partial charge on any atom is 0.300 e. The van der Waals surface area contributed by atoms with E-state index in [-0.39, 0.29) is 23.2 Å². The molecule has 1 rings (SSSR count). The lowest BCUT2D eigenvalue weighted by Gasteiger charge is -2.13. The molecule has 0 spiro atoms. The van der Waals surface area contributed by atoms with Crippen LogP contribution in [-0.2, 0) is 0 Å². The molecule has 0 aromatic carbocycles. The number of amides is 1. The topological polar surface area (TPSA) is 105 Å². The average molecular weight is 302 g/mol. The van der Waals surface area contributed by atoms with Crippen molar-refractivity contribution in [1.29, 1.82) is 0 Å². The highest BCUT2D eigenvalue weighted by Crippen LogP contribution is 2.20. The van der Waals surface area contributed by atoms with Gasteiger partial charge in [0.25, 0.3) is 11.6 Å². The molecule has 1 atom stereocenters. The van der Waals surface area contributed by atoms with Crippen LogP contribution in [0.25, 0.3) is 0 Å². The molecule has 0 fully saturated rings. The number of nitro groups is 1. The fourth-order valence-corrected chi connectivity index (χ4v) is 1.84. The van der Waals surface area contributed by atoms with E-state index in [0.29, 0.717) is 6.42 Å². The molecular formula is C12H16ClN3O4. The first-order valence-corrected chi connectivity index (χ1v) is 6.45. The Morgan fingerprint density at radius 1 is 1.60 bits per heavy atom. The van der Waals surface area contributed by atoms with Gasteiger partial charge in [0.1, 0.15) is 16.9 Å². The maximum atomic E-state index is 11.9. The van der Waals surface area contributed by atoms with Crippen LogP contribution in [0.3, 0.4) is 0 Å². The monoisotopic (exact) mass is 301 g/mol. The summed E-state index contributed by atoms with van der Waals surface area (Å²) in [5.74, 6) is -0.379. The summed E-state index contributed by atoms with van der Waals surface area (Å²) in [5.41, 5.74) is -0.600. The van der Waals surface area contributed by atoms with Gasteiger partial charge in [-0.3, -0.25) is 14.9 Å². The van der Waals surface area contributed by atoms with Gasteiger partial charge in [0.05, 0.1) is 11.0 Å². The van der Waals surface area contributed by atoms with E-state index < -0.39 is 22.6 Å². The lowest BCUT2D eigenvalue weighted by atomic mass is 10.1. The highest BCUT2D eigenvalue weighted by atomic mass is 35.5. The van der Waals surface area contributed by atoms with E-state index >= 15 is 0 Å². The summed E-state index contributed by atoms with van der Waals surface area (Å²) in [4.78, 5) is 25.6. The van der Waals surface area contributed by atoms with Gasteiger partial charge in [-0.25, -0.2) is 4.98 Å². The van der Waals surface area contributed by atoms with Gasteiger partial charge in [-0.1, -0.05) is 25.4 Å². The number of nitrogens with one attached hydrogen (secondary N) is 1. The second-order valence-electron chi connectivity index (χ2n) is 4.77. The molecule has 0 aliphatic carbocycles. The quantitative estimate of drug-likeness (QED) is 0.473. The molecule has 0 radical (unpaired) electrons. The Kier molecular flexibility index (Phi) is 5.84. The van der Waals surface area contributed by atoms with Gasteiger partial charge in [-0.2, -0.15) is 0 Å². The van der Waals surface area contributed by atoms with E-state index in [9.17, 15) is 20.0 Å². The molecule has 0 saturated heterocycles. The number of aliphatic hydroxyl groups is 1. The Bertz CT molecular complexity index is 507. The Morgan fingerprint density at radius 3 is 2.80 bits per heavy atom. The average Bonchev–Trinajstić information content (AvgIpc) is 2.34. The van der Waals surface area contributed by atoms with Crippen LogP contribution in [0, 0.1) is 16.0 Å². The zero-order valence-corrected chi connectivity index (χ0v) is 11.9. The summed E-state index contributed by atoms with van der Waals surface area (Å²) in [6, 6.07) is 1.13. The number of carbonyl (C=O) groups excluding carboxylic acids is 1. The highest BCUT2D eigenvalue weighted by Gasteiger charge is 2.21. The summed E-state index contributed by atoms with van der Waals surface area (Å²) in [7, 11) is 0. The Morgan fingerprint density at radius 2 is 2.25 bits per heavy atom. The molecule has 0 aliphatic rings. The third kappa shape index (κ3) is 4.75. The minimum atomic E-state index is -0.706. The van der Waals surface area contributed by atoms with E-state index in [1.54, 1.807) is 0 Å². The van der Waals surface area contributed by atoms with Crippen molar-refractivity contribution in [3.05, 3.63) is 33.1 Å². The van der Waals surface area contributed by atoms with Crippen LogP contribution in [0.2, 0.25) is 5.15 Å². The number of halogens is 1. The van der Waals surface area contributed by atoms with E-state index in [4.69, 9.17) is 11.6 Å². The molecule has 1 amide bonds. The van der Waals surface area contributed by atoms with Crippen molar-refractivity contribution >= 4 is 23.2 Å². The van der Waals surface area contributed by atoms with Crippen molar-refractivity contribution in [1.82, 2.24) is 10.3 Å². The molecule has 7 nitrogen and oxygen atoms in total. The number of carbonyl (C=O) groups is 1. The Hall–Kier alpha value is -1.73. The third-order valence-electron chi connectivity index (χ3n) is 2.53. The fraction of sp³-hybridized carbons (Fsp3) is 0.500. The lowest BCUT2D eigenvalue weighted by Crippen LogP contribution is -2.33. The minimum Gasteiger partial charge on any atom is -0.391 e. The van der Waals surface area contributed by atoms with Crippen molar-refractivity contribution in [3.63, 3.8) is 0 Å². The van der Waals surface area contributed by atoms with Gasteiger partial charge in [-0.05, 0) is 18.4 Å². The van der Waals surface area contributed by atoms with E-state index in [2.05, 4.69) is 10.3 Å². The highest BCUT2D eigenvalue weighted by molar-refractivity contribution is 6.29. The normalized spacial score (nSPS) is 12.2. The second kappa shape index (κ2) is 7.16. The third-order valence-corrected chi connectivity index (χ3v) is 2.74. The SMILES string of the molecule is CC(C)CC(O)CNC(=O)c1cc(Cl)ncc1[N+](=O)[O-]. The predicted molar refractivity (Wildman–Crippen MR) is 73.7 cm³/mol. The molecule has 1 aromatic rings. The van der Waals surface area contributed by atoms with E-state index in [0.717, 1.165) is 12.3 Å². The van der Waals surface area contributed by atoms with Gasteiger partial charge >= 0.3 is 0 Å². The minimum absolute atomic E-state index is 0.0107. The maximum absolute atomic E-state index is 11.9. The summed E-state index contributed by atoms with van der Waals surface area (Å²) in [6.07, 6.45) is 0.761. The second-order valence-corrected chi connectivity index (χ2v) is 5.16. The number of pyridine rings is 1. The summed E-state index contributed by atoms with van der Waals surface area (Å²) in [5, 5.41) is 22.9. The molecule has 0 aliphatic heterocycles. The molecule has 1 heterocycles. The fourth-order valence-electron chi connectivity index (χ4n) is 1.68. The molecule has 2 N–H and O–H groups in total. The molecular weight excluding hydrogens is 286 g/mol. The van der Waals surface area contributed by atoms with Gasteiger partial charge < -0.3 is 10.4 Å². The van der Waals surface area contributed by atoms with Crippen molar-refractivity contribution in [2.45, 2.75) is 26.4 Å². The molecule has 0 bridgehead atoms. The Labute approximate surface area is 121 Å². The molecule has 1 aromatic heterocycles. The van der Waals surface area contributed by atoms with Crippen LogP contribution in [0.1, 0.15) is 30.6 Å². The number of aliphatic hydroxyl groups excluding tert-OH is 1. The van der Waals surface area contributed by atoms with Crippen molar-refractivity contribution in [3.8, 4) is 0 Å². The van der Waals surface area contributed by atoms with Crippen LogP contribution < -0.4 is 5.32 Å². The smallest absolute Gasteiger partial charge is 0.300 e. The van der Waals surface area contributed by atoms with Crippen LogP contribution in [0.15, 0.2) is 12.3 Å². The summed E-state index contributed by atoms with van der Waals surface area (Å²) in [6.45, 7) is 3.91. The lowest BCUT2D eigenvalue weighted by molar-refractivity contribution is -0.385. The zero-order chi connectivity index (χ0) is 15.3. The molecule has 20 heavy (non-hydrogen) atoms. The zero-order valence-electron chi connectivity index (χ0n) is 11.2. The van der Waals surface area contributed by atoms with Crippen molar-refractivity contribution in [2.24, 2.45) is 5.92 Å². The van der Waals surface area contributed by atoms with Crippen LogP contribution >= 0.6 is 11.6 Å². The standard InChI is InChI=1S/C12H16ClN3O4/c1-7(2)3-8(17)5-15-12(18)9-4-11(13)14-6-10(9)16(19)20/h4,6-8,17H,3,5H2,1-2H3,(H,15,18). The van der Waals surface area contributed by atoms with Gasteiger partial charge in [0.2, 0.25) is 0 Å².